The second kappa shape index (κ2) is 5.14. The SMILES string of the molecule is Cc1cc([N+](=O)[O-])c(Cl)cc1NC(C)CO. The fraction of sp³-hybridized carbons (Fsp3) is 0.400. The number of aryl methyl sites for hydroxylation is 1. The van der Waals surface area contributed by atoms with Gasteiger partial charge < -0.3 is 10.4 Å². The molecule has 0 amide bonds. The van der Waals surface area contributed by atoms with Crippen molar-refractivity contribution in [3.8, 4) is 0 Å². The molecule has 1 unspecified atom stereocenters. The fourth-order valence-corrected chi connectivity index (χ4v) is 1.51. The highest BCUT2D eigenvalue weighted by Crippen LogP contribution is 2.30. The molecule has 0 spiro atoms. The van der Waals surface area contributed by atoms with Gasteiger partial charge in [0.1, 0.15) is 5.02 Å². The number of anilines is 1. The van der Waals surface area contributed by atoms with Crippen molar-refractivity contribution in [2.45, 2.75) is 19.9 Å². The van der Waals surface area contributed by atoms with Gasteiger partial charge in [0, 0.05) is 17.8 Å². The number of nitrogens with one attached hydrogen (secondary N) is 1. The molecule has 0 aliphatic heterocycles. The van der Waals surface area contributed by atoms with E-state index in [1.165, 1.54) is 12.1 Å². The van der Waals surface area contributed by atoms with Gasteiger partial charge in [0.25, 0.3) is 5.69 Å². The zero-order valence-electron chi connectivity index (χ0n) is 9.03. The lowest BCUT2D eigenvalue weighted by atomic mass is 10.1. The van der Waals surface area contributed by atoms with Crippen molar-refractivity contribution < 1.29 is 10.0 Å². The molecular weight excluding hydrogens is 232 g/mol. The maximum atomic E-state index is 10.6. The quantitative estimate of drug-likeness (QED) is 0.630. The molecule has 0 fully saturated rings. The fourth-order valence-electron chi connectivity index (χ4n) is 1.27. The molecule has 1 rings (SSSR count). The van der Waals surface area contributed by atoms with Gasteiger partial charge in [0.2, 0.25) is 0 Å². The normalized spacial score (nSPS) is 12.2. The molecule has 16 heavy (non-hydrogen) atoms. The van der Waals surface area contributed by atoms with Crippen LogP contribution in [-0.2, 0) is 0 Å². The maximum absolute atomic E-state index is 10.6. The summed E-state index contributed by atoms with van der Waals surface area (Å²) in [5.74, 6) is 0. The molecule has 0 radical (unpaired) electrons. The summed E-state index contributed by atoms with van der Waals surface area (Å²) in [6, 6.07) is 2.78. The number of aliphatic hydroxyl groups is 1. The summed E-state index contributed by atoms with van der Waals surface area (Å²) in [4.78, 5) is 10.1. The third-order valence-corrected chi connectivity index (χ3v) is 2.47. The Hall–Kier alpha value is -1.33. The van der Waals surface area contributed by atoms with E-state index in [0.717, 1.165) is 5.56 Å². The van der Waals surface area contributed by atoms with E-state index in [2.05, 4.69) is 5.32 Å². The number of nitro groups is 1. The molecule has 0 heterocycles. The zero-order chi connectivity index (χ0) is 12.3. The molecule has 0 aliphatic rings. The second-order valence-corrected chi connectivity index (χ2v) is 4.01. The maximum Gasteiger partial charge on any atom is 0.288 e. The van der Waals surface area contributed by atoms with Crippen LogP contribution in [0.25, 0.3) is 0 Å². The summed E-state index contributed by atoms with van der Waals surface area (Å²) in [5, 5.41) is 22.6. The summed E-state index contributed by atoms with van der Waals surface area (Å²) in [5.41, 5.74) is 1.30. The van der Waals surface area contributed by atoms with Gasteiger partial charge >= 0.3 is 0 Å². The van der Waals surface area contributed by atoms with Crippen LogP contribution < -0.4 is 5.32 Å². The summed E-state index contributed by atoms with van der Waals surface area (Å²) in [7, 11) is 0. The summed E-state index contributed by atoms with van der Waals surface area (Å²) in [6.07, 6.45) is 0. The first-order valence-electron chi connectivity index (χ1n) is 4.77. The number of hydrogen-bond donors (Lipinski definition) is 2. The molecule has 2 N–H and O–H groups in total. The monoisotopic (exact) mass is 244 g/mol. The van der Waals surface area contributed by atoms with E-state index in [9.17, 15) is 10.1 Å². The van der Waals surface area contributed by atoms with Crippen LogP contribution in [-0.4, -0.2) is 22.7 Å². The first-order chi connectivity index (χ1) is 7.45. The highest BCUT2D eigenvalue weighted by molar-refractivity contribution is 6.33. The lowest BCUT2D eigenvalue weighted by Crippen LogP contribution is -2.19. The number of benzene rings is 1. The number of nitro benzene ring substituents is 1. The van der Waals surface area contributed by atoms with Crippen molar-refractivity contribution in [1.82, 2.24) is 0 Å². The molecule has 88 valence electrons. The first kappa shape index (κ1) is 12.7. The molecule has 5 nitrogen and oxygen atoms in total. The van der Waals surface area contributed by atoms with Gasteiger partial charge in [-0.1, -0.05) is 11.6 Å². The van der Waals surface area contributed by atoms with Crippen LogP contribution >= 0.6 is 11.6 Å². The number of rotatable bonds is 4. The van der Waals surface area contributed by atoms with Crippen LogP contribution in [0.2, 0.25) is 5.02 Å². The minimum absolute atomic E-state index is 0.0198. The predicted molar refractivity (Wildman–Crippen MR) is 63.0 cm³/mol. The lowest BCUT2D eigenvalue weighted by Gasteiger charge is -2.14. The molecular formula is C10H13ClN2O3. The molecule has 0 saturated heterocycles. The van der Waals surface area contributed by atoms with Crippen molar-refractivity contribution in [3.63, 3.8) is 0 Å². The van der Waals surface area contributed by atoms with Gasteiger partial charge in [0.05, 0.1) is 11.5 Å². The Kier molecular flexibility index (Phi) is 4.09. The van der Waals surface area contributed by atoms with Crippen LogP contribution in [0, 0.1) is 17.0 Å². The predicted octanol–water partition coefficient (Wildman–Crippen LogP) is 2.35. The summed E-state index contributed by atoms with van der Waals surface area (Å²) >= 11 is 5.78. The van der Waals surface area contributed by atoms with Crippen molar-refractivity contribution in [3.05, 3.63) is 32.8 Å². The van der Waals surface area contributed by atoms with Crippen molar-refractivity contribution in [1.29, 1.82) is 0 Å². The van der Waals surface area contributed by atoms with Gasteiger partial charge in [-0.3, -0.25) is 10.1 Å². The van der Waals surface area contributed by atoms with E-state index in [4.69, 9.17) is 16.7 Å². The first-order valence-corrected chi connectivity index (χ1v) is 5.15. The minimum atomic E-state index is -0.519. The van der Waals surface area contributed by atoms with Crippen LogP contribution in [0.4, 0.5) is 11.4 Å². The topological polar surface area (TPSA) is 75.4 Å². The van der Waals surface area contributed by atoms with E-state index < -0.39 is 4.92 Å². The standard InChI is InChI=1S/C10H13ClN2O3/c1-6-3-10(13(15)16)8(11)4-9(6)12-7(2)5-14/h3-4,7,12,14H,5H2,1-2H3. The minimum Gasteiger partial charge on any atom is -0.394 e. The summed E-state index contributed by atoms with van der Waals surface area (Å²) < 4.78 is 0. The smallest absolute Gasteiger partial charge is 0.288 e. The average molecular weight is 245 g/mol. The Balaban J connectivity index is 3.05. The molecule has 0 saturated carbocycles. The van der Waals surface area contributed by atoms with Crippen LogP contribution in [0.3, 0.4) is 0 Å². The molecule has 0 bridgehead atoms. The summed E-state index contributed by atoms with van der Waals surface area (Å²) in [6.45, 7) is 3.53. The van der Waals surface area contributed by atoms with Crippen LogP contribution in [0.5, 0.6) is 0 Å². The largest absolute Gasteiger partial charge is 0.394 e. The molecule has 1 aromatic rings. The van der Waals surface area contributed by atoms with E-state index >= 15 is 0 Å². The third kappa shape index (κ3) is 2.84. The van der Waals surface area contributed by atoms with Crippen molar-refractivity contribution >= 4 is 23.0 Å². The third-order valence-electron chi connectivity index (χ3n) is 2.17. The van der Waals surface area contributed by atoms with Gasteiger partial charge in [0.15, 0.2) is 0 Å². The van der Waals surface area contributed by atoms with Gasteiger partial charge in [-0.05, 0) is 25.5 Å². The van der Waals surface area contributed by atoms with E-state index in [1.807, 2.05) is 0 Å². The Labute approximate surface area is 98.2 Å². The zero-order valence-corrected chi connectivity index (χ0v) is 9.78. The van der Waals surface area contributed by atoms with Gasteiger partial charge in [-0.2, -0.15) is 0 Å². The van der Waals surface area contributed by atoms with E-state index in [-0.39, 0.29) is 23.4 Å². The van der Waals surface area contributed by atoms with Crippen LogP contribution in [0.15, 0.2) is 12.1 Å². The highest BCUT2D eigenvalue weighted by atomic mass is 35.5. The van der Waals surface area contributed by atoms with E-state index in [0.29, 0.717) is 5.69 Å². The number of halogens is 1. The Morgan fingerprint density at radius 3 is 2.75 bits per heavy atom. The average Bonchev–Trinajstić information content (AvgIpc) is 2.22. The van der Waals surface area contributed by atoms with Crippen molar-refractivity contribution in [2.24, 2.45) is 0 Å². The second-order valence-electron chi connectivity index (χ2n) is 3.60. The Morgan fingerprint density at radius 1 is 1.62 bits per heavy atom. The van der Waals surface area contributed by atoms with Gasteiger partial charge in [-0.25, -0.2) is 0 Å². The molecule has 0 aliphatic carbocycles. The number of aliphatic hydroxyl groups excluding tert-OH is 1. The molecule has 0 aromatic heterocycles. The highest BCUT2D eigenvalue weighted by Gasteiger charge is 2.15. The Bertz CT molecular complexity index is 409. The van der Waals surface area contributed by atoms with Crippen molar-refractivity contribution in [2.75, 3.05) is 11.9 Å². The number of hydrogen-bond acceptors (Lipinski definition) is 4. The number of nitrogens with zero attached hydrogens (tertiary/aromatic N) is 1. The lowest BCUT2D eigenvalue weighted by molar-refractivity contribution is -0.384. The Morgan fingerprint density at radius 2 is 2.25 bits per heavy atom. The molecule has 1 atom stereocenters. The molecule has 6 heteroatoms. The molecule has 1 aromatic carbocycles. The van der Waals surface area contributed by atoms with Gasteiger partial charge in [-0.15, -0.1) is 0 Å². The van der Waals surface area contributed by atoms with E-state index in [1.54, 1.807) is 13.8 Å². The van der Waals surface area contributed by atoms with Crippen LogP contribution in [0.1, 0.15) is 12.5 Å².